The third-order valence-corrected chi connectivity index (χ3v) is 8.79. The van der Waals surface area contributed by atoms with Crippen LogP contribution in [0.5, 0.6) is 11.5 Å². The van der Waals surface area contributed by atoms with E-state index in [9.17, 15) is 0 Å². The second-order valence-corrected chi connectivity index (χ2v) is 12.0. The van der Waals surface area contributed by atoms with E-state index in [4.69, 9.17) is 4.74 Å². The van der Waals surface area contributed by atoms with Crippen molar-refractivity contribution in [1.82, 2.24) is 9.15 Å². The van der Waals surface area contributed by atoms with Crippen molar-refractivity contribution in [1.29, 1.82) is 0 Å². The molecule has 2 aliphatic rings. The molecule has 7 heteroatoms. The first kappa shape index (κ1) is 32.0. The van der Waals surface area contributed by atoms with E-state index in [1.807, 2.05) is 43.4 Å². The molecule has 51 heavy (non-hydrogen) atoms. The molecule has 0 N–H and O–H groups in total. The number of hydrazone groups is 1. The van der Waals surface area contributed by atoms with Crippen LogP contribution >= 0.6 is 0 Å². The molecule has 0 spiro atoms. The van der Waals surface area contributed by atoms with Gasteiger partial charge in [-0.05, 0) is 45.4 Å². The van der Waals surface area contributed by atoms with Crippen LogP contribution < -0.4 is 13.9 Å². The summed E-state index contributed by atoms with van der Waals surface area (Å²) in [4.78, 5) is 0. The van der Waals surface area contributed by atoms with Crippen LogP contribution in [0.4, 0.5) is 28.4 Å². The standard InChI is InChI=1S/C44H29N5O.Pt/c1-46-30-47(29-45-46)35-18-10-20-37(27-35)50-38-21-11-19-36(28-38)48-31-49(44-41-22-9-8-17-34(41)25-26-42(44)48)43-39(32-13-4-2-5-14-32)23-12-24-40(43)33-15-6-3-7-16-33;/h2-26,29H,1H3;/q2*+2. The van der Waals surface area contributed by atoms with E-state index in [1.54, 1.807) is 15.6 Å². The second kappa shape index (κ2) is 13.6. The van der Waals surface area contributed by atoms with Crippen LogP contribution in [0.15, 0.2) is 157 Å². The van der Waals surface area contributed by atoms with Crippen LogP contribution in [-0.4, -0.2) is 34.7 Å². The molecule has 7 aromatic carbocycles. The van der Waals surface area contributed by atoms with Gasteiger partial charge in [-0.15, -0.1) is 12.1 Å². The maximum absolute atomic E-state index is 6.34. The summed E-state index contributed by atoms with van der Waals surface area (Å²) >= 11 is 0. The molecule has 242 valence electrons. The van der Waals surface area contributed by atoms with E-state index in [0.717, 1.165) is 61.5 Å². The molecule has 6 nitrogen and oxygen atoms in total. The van der Waals surface area contributed by atoms with Gasteiger partial charge in [0.05, 0.1) is 21.6 Å². The third kappa shape index (κ3) is 5.99. The molecule has 0 aromatic heterocycles. The molecule has 2 aliphatic heterocycles. The van der Waals surface area contributed by atoms with Crippen molar-refractivity contribution in [2.24, 2.45) is 5.10 Å². The van der Waals surface area contributed by atoms with Gasteiger partial charge >= 0.3 is 45.1 Å². The number of fused-ring (bicyclic) bond motifs is 3. The van der Waals surface area contributed by atoms with Crippen LogP contribution in [0.25, 0.3) is 33.0 Å². The molecule has 0 bridgehead atoms. The fourth-order valence-electron chi connectivity index (χ4n) is 6.53. The molecule has 0 atom stereocenters. The minimum Gasteiger partial charge on any atom is -0.509 e. The summed E-state index contributed by atoms with van der Waals surface area (Å²) < 4.78 is 14.0. The van der Waals surface area contributed by atoms with Crippen molar-refractivity contribution >= 4 is 57.6 Å². The quantitative estimate of drug-likeness (QED) is 0.116. The minimum atomic E-state index is 0. The zero-order chi connectivity index (χ0) is 33.4. The van der Waals surface area contributed by atoms with Gasteiger partial charge in [0, 0.05) is 22.2 Å². The van der Waals surface area contributed by atoms with Gasteiger partial charge in [-0.2, -0.15) is 12.1 Å². The molecule has 0 amide bonds. The Morgan fingerprint density at radius 1 is 0.549 bits per heavy atom. The molecule has 0 saturated heterocycles. The molecule has 0 aliphatic carbocycles. The van der Waals surface area contributed by atoms with E-state index in [-0.39, 0.29) is 21.1 Å². The number of rotatable bonds is 7. The summed E-state index contributed by atoms with van der Waals surface area (Å²) in [5, 5.41) is 6.49. The second-order valence-electron chi connectivity index (χ2n) is 12.0. The maximum Gasteiger partial charge on any atom is 2.00 e. The fraction of sp³-hybridized carbons (Fsp3) is 0.0227. The summed E-state index contributed by atoms with van der Waals surface area (Å²) in [7, 11) is 1.83. The summed E-state index contributed by atoms with van der Waals surface area (Å²) in [6.07, 6.45) is 1.69. The first-order valence-corrected chi connectivity index (χ1v) is 16.4. The van der Waals surface area contributed by atoms with E-state index < -0.39 is 0 Å². The van der Waals surface area contributed by atoms with Crippen molar-refractivity contribution in [3.63, 3.8) is 0 Å². The van der Waals surface area contributed by atoms with Crippen molar-refractivity contribution in [2.75, 3.05) is 7.05 Å². The van der Waals surface area contributed by atoms with Gasteiger partial charge in [0.15, 0.2) is 7.05 Å². The number of ether oxygens (including phenoxy) is 1. The first-order chi connectivity index (χ1) is 24.7. The summed E-state index contributed by atoms with van der Waals surface area (Å²) in [6, 6.07) is 65.9. The normalized spacial score (nSPS) is 12.8. The predicted molar refractivity (Wildman–Crippen MR) is 199 cm³/mol. The van der Waals surface area contributed by atoms with Gasteiger partial charge < -0.3 is 4.74 Å². The monoisotopic (exact) mass is 838 g/mol. The SMILES string of the molecule is C[N+]1=C=[N+](c2[c-]c(Oc3[c-]c([N+]4=C=[N+](c5c(-c6ccccc6)cccc5-c5ccccc5)c5c4ccc4ccccc54)ccc3)ccc2)C=N1.[Pt+2]. The van der Waals surface area contributed by atoms with E-state index in [2.05, 4.69) is 154 Å². The smallest absolute Gasteiger partial charge is 0.509 e. The Hall–Kier alpha value is -6.28. The first-order valence-electron chi connectivity index (χ1n) is 16.4. The van der Waals surface area contributed by atoms with Crippen LogP contribution in [0.2, 0.25) is 0 Å². The number of benzene rings is 7. The molecule has 9 rings (SSSR count). The number of hydrogen-bond donors (Lipinski definition) is 0. The van der Waals surface area contributed by atoms with Crippen molar-refractivity contribution in [2.45, 2.75) is 0 Å². The van der Waals surface area contributed by atoms with Crippen molar-refractivity contribution < 1.29 is 35.1 Å². The Kier molecular flexibility index (Phi) is 8.49. The molecule has 0 saturated carbocycles. The fourth-order valence-corrected chi connectivity index (χ4v) is 6.53. The summed E-state index contributed by atoms with van der Waals surface area (Å²) in [5.74, 6) is 1.13. The van der Waals surface area contributed by atoms with Gasteiger partial charge in [0.2, 0.25) is 5.69 Å². The molecule has 0 radical (unpaired) electrons. The summed E-state index contributed by atoms with van der Waals surface area (Å²) in [6.45, 7) is 0. The van der Waals surface area contributed by atoms with Gasteiger partial charge in [-0.25, -0.2) is 0 Å². The largest absolute Gasteiger partial charge is 2.00 e. The third-order valence-electron chi connectivity index (χ3n) is 8.79. The molecular formula is C44H29N5OPt+4. The number of nitrogens with zero attached hydrogens (tertiary/aromatic N) is 5. The van der Waals surface area contributed by atoms with E-state index in [0.29, 0.717) is 11.5 Å². The van der Waals surface area contributed by atoms with Gasteiger partial charge in [-0.3, -0.25) is 0 Å². The topological polar surface area (TPSA) is 33.6 Å². The number of hydrogen-bond acceptors (Lipinski definition) is 2. The van der Waals surface area contributed by atoms with Gasteiger partial charge in [-0.1, -0.05) is 118 Å². The molecule has 7 aromatic rings. The van der Waals surface area contributed by atoms with Crippen LogP contribution in [0.1, 0.15) is 0 Å². The van der Waals surface area contributed by atoms with Crippen LogP contribution in [0.3, 0.4) is 0 Å². The van der Waals surface area contributed by atoms with Gasteiger partial charge in [0.1, 0.15) is 11.4 Å². The maximum atomic E-state index is 6.34. The summed E-state index contributed by atoms with van der Waals surface area (Å²) in [5.41, 5.74) is 9.15. The molecular weight excluding hydrogens is 810 g/mol. The zero-order valence-corrected chi connectivity index (χ0v) is 29.7. The average molecular weight is 839 g/mol. The zero-order valence-electron chi connectivity index (χ0n) is 27.5. The number of para-hydroxylation sites is 1. The minimum absolute atomic E-state index is 0. The Balaban J connectivity index is 0.00000374. The predicted octanol–water partition coefficient (Wildman–Crippen LogP) is 9.84. The Morgan fingerprint density at radius 2 is 1.16 bits per heavy atom. The Labute approximate surface area is 310 Å². The van der Waals surface area contributed by atoms with E-state index in [1.165, 1.54) is 0 Å². The van der Waals surface area contributed by atoms with E-state index >= 15 is 0 Å². The molecule has 0 unspecified atom stereocenters. The van der Waals surface area contributed by atoms with Crippen molar-refractivity contribution in [3.8, 4) is 33.8 Å². The Bertz CT molecular complexity index is 2600. The van der Waals surface area contributed by atoms with Crippen LogP contribution in [0, 0.1) is 12.1 Å². The molecule has 2 heterocycles. The van der Waals surface area contributed by atoms with Gasteiger partial charge in [0.25, 0.3) is 5.69 Å². The van der Waals surface area contributed by atoms with Crippen molar-refractivity contribution in [3.05, 3.63) is 164 Å². The molecule has 0 fully saturated rings. The average Bonchev–Trinajstić information content (AvgIpc) is 3.80. The Morgan fingerprint density at radius 3 is 1.82 bits per heavy atom. The van der Waals surface area contributed by atoms with Crippen LogP contribution in [-0.2, 0) is 21.1 Å².